The van der Waals surface area contributed by atoms with E-state index in [-0.39, 0.29) is 18.5 Å². The minimum Gasteiger partial charge on any atom is -0.467 e. The third-order valence-corrected chi connectivity index (χ3v) is 4.45. The zero-order valence-corrected chi connectivity index (χ0v) is 15.4. The molecular formula is C17H24N6O3. The SMILES string of the molecule is COc1nc(CNC(=O)CCc2c(C)noc2C)nc(N2CCCC2)n1. The summed E-state index contributed by atoms with van der Waals surface area (Å²) in [5.74, 6) is 1.78. The normalized spacial score (nSPS) is 13.9. The zero-order valence-electron chi connectivity index (χ0n) is 15.4. The molecule has 0 unspecified atom stereocenters. The summed E-state index contributed by atoms with van der Waals surface area (Å²) in [6.45, 7) is 5.82. The van der Waals surface area contributed by atoms with Crippen LogP contribution in [0.5, 0.6) is 6.01 Å². The van der Waals surface area contributed by atoms with E-state index >= 15 is 0 Å². The molecule has 3 heterocycles. The summed E-state index contributed by atoms with van der Waals surface area (Å²) in [5, 5.41) is 6.75. The van der Waals surface area contributed by atoms with Crippen LogP contribution in [-0.4, -0.2) is 46.2 Å². The fourth-order valence-corrected chi connectivity index (χ4v) is 2.98. The van der Waals surface area contributed by atoms with E-state index in [0.29, 0.717) is 24.6 Å². The number of hydrogen-bond acceptors (Lipinski definition) is 8. The Bertz CT molecular complexity index is 750. The first-order chi connectivity index (χ1) is 12.6. The Morgan fingerprint density at radius 3 is 2.65 bits per heavy atom. The third-order valence-electron chi connectivity index (χ3n) is 4.45. The van der Waals surface area contributed by atoms with Gasteiger partial charge in [0.15, 0.2) is 5.82 Å². The van der Waals surface area contributed by atoms with Crippen molar-refractivity contribution < 1.29 is 14.1 Å². The molecule has 0 spiro atoms. The van der Waals surface area contributed by atoms with Gasteiger partial charge in [-0.2, -0.15) is 15.0 Å². The maximum Gasteiger partial charge on any atom is 0.321 e. The molecule has 1 amide bonds. The molecule has 0 atom stereocenters. The number of carbonyl (C=O) groups is 1. The highest BCUT2D eigenvalue weighted by atomic mass is 16.5. The highest BCUT2D eigenvalue weighted by Gasteiger charge is 2.18. The van der Waals surface area contributed by atoms with Gasteiger partial charge < -0.3 is 19.5 Å². The topological polar surface area (TPSA) is 106 Å². The summed E-state index contributed by atoms with van der Waals surface area (Å²) < 4.78 is 10.3. The molecule has 9 nitrogen and oxygen atoms in total. The van der Waals surface area contributed by atoms with Crippen LogP contribution in [0.25, 0.3) is 0 Å². The van der Waals surface area contributed by atoms with E-state index in [2.05, 4.69) is 30.3 Å². The van der Waals surface area contributed by atoms with E-state index in [0.717, 1.165) is 42.9 Å². The van der Waals surface area contributed by atoms with Gasteiger partial charge in [-0.05, 0) is 33.1 Å². The lowest BCUT2D eigenvalue weighted by atomic mass is 10.1. The van der Waals surface area contributed by atoms with E-state index < -0.39 is 0 Å². The van der Waals surface area contributed by atoms with Gasteiger partial charge in [-0.1, -0.05) is 5.16 Å². The molecule has 1 saturated heterocycles. The summed E-state index contributed by atoms with van der Waals surface area (Å²) >= 11 is 0. The number of aryl methyl sites for hydroxylation is 2. The maximum atomic E-state index is 12.2. The highest BCUT2D eigenvalue weighted by molar-refractivity contribution is 5.76. The molecule has 0 aromatic carbocycles. The predicted molar refractivity (Wildman–Crippen MR) is 94.0 cm³/mol. The molecular weight excluding hydrogens is 336 g/mol. The molecule has 3 rings (SSSR count). The first-order valence-electron chi connectivity index (χ1n) is 8.79. The molecule has 0 radical (unpaired) electrons. The Hall–Kier alpha value is -2.71. The molecule has 0 saturated carbocycles. The van der Waals surface area contributed by atoms with Crippen LogP contribution in [0.1, 0.15) is 42.1 Å². The summed E-state index contributed by atoms with van der Waals surface area (Å²) in [6, 6.07) is 0.266. The number of aromatic nitrogens is 4. The monoisotopic (exact) mass is 360 g/mol. The second-order valence-corrected chi connectivity index (χ2v) is 6.31. The van der Waals surface area contributed by atoms with Crippen molar-refractivity contribution in [3.63, 3.8) is 0 Å². The van der Waals surface area contributed by atoms with E-state index in [1.807, 2.05) is 13.8 Å². The molecule has 2 aromatic heterocycles. The fraction of sp³-hybridized carbons (Fsp3) is 0.588. The van der Waals surface area contributed by atoms with Crippen LogP contribution in [0.2, 0.25) is 0 Å². The number of nitrogens with zero attached hydrogens (tertiary/aromatic N) is 5. The average Bonchev–Trinajstić information content (AvgIpc) is 3.29. The number of anilines is 1. The van der Waals surface area contributed by atoms with Crippen molar-refractivity contribution in [1.29, 1.82) is 0 Å². The van der Waals surface area contributed by atoms with Crippen LogP contribution in [0.4, 0.5) is 5.95 Å². The summed E-state index contributed by atoms with van der Waals surface area (Å²) in [5.41, 5.74) is 1.81. The third kappa shape index (κ3) is 4.27. The van der Waals surface area contributed by atoms with Gasteiger partial charge >= 0.3 is 6.01 Å². The Balaban J connectivity index is 1.58. The molecule has 2 aromatic rings. The van der Waals surface area contributed by atoms with Gasteiger partial charge in [-0.15, -0.1) is 0 Å². The van der Waals surface area contributed by atoms with E-state index in [1.54, 1.807) is 0 Å². The van der Waals surface area contributed by atoms with Crippen molar-refractivity contribution in [3.8, 4) is 6.01 Å². The van der Waals surface area contributed by atoms with E-state index in [4.69, 9.17) is 9.26 Å². The molecule has 1 aliphatic rings. The number of carbonyl (C=O) groups excluding carboxylic acids is 1. The second kappa shape index (κ2) is 8.11. The van der Waals surface area contributed by atoms with Crippen LogP contribution in [0.15, 0.2) is 4.52 Å². The van der Waals surface area contributed by atoms with E-state index in [9.17, 15) is 4.79 Å². The van der Waals surface area contributed by atoms with Crippen molar-refractivity contribution in [2.24, 2.45) is 0 Å². The number of ether oxygens (including phenoxy) is 1. The Morgan fingerprint density at radius 1 is 1.23 bits per heavy atom. The van der Waals surface area contributed by atoms with E-state index in [1.165, 1.54) is 7.11 Å². The summed E-state index contributed by atoms with van der Waals surface area (Å²) in [7, 11) is 1.52. The van der Waals surface area contributed by atoms with Crippen LogP contribution in [0.3, 0.4) is 0 Å². The summed E-state index contributed by atoms with van der Waals surface area (Å²) in [6.07, 6.45) is 3.19. The van der Waals surface area contributed by atoms with Gasteiger partial charge in [0.1, 0.15) is 5.76 Å². The number of nitrogens with one attached hydrogen (secondary N) is 1. The quantitative estimate of drug-likeness (QED) is 0.788. The molecule has 26 heavy (non-hydrogen) atoms. The Morgan fingerprint density at radius 2 is 2.00 bits per heavy atom. The lowest BCUT2D eigenvalue weighted by Gasteiger charge is -2.16. The Labute approximate surface area is 152 Å². The molecule has 140 valence electrons. The van der Waals surface area contributed by atoms with Crippen molar-refractivity contribution >= 4 is 11.9 Å². The number of amides is 1. The standard InChI is InChI=1S/C17H24N6O3/c1-11-13(12(2)26-22-11)6-7-15(24)18-10-14-19-16(21-17(20-14)25-3)23-8-4-5-9-23/h4-10H2,1-3H3,(H,18,24). The van der Waals surface area contributed by atoms with Gasteiger partial charge in [0.2, 0.25) is 11.9 Å². The molecule has 1 N–H and O–H groups in total. The Kier molecular flexibility index (Phi) is 5.65. The number of hydrogen-bond donors (Lipinski definition) is 1. The molecule has 1 fully saturated rings. The number of methoxy groups -OCH3 is 1. The van der Waals surface area contributed by atoms with Crippen LogP contribution in [0, 0.1) is 13.8 Å². The maximum absolute atomic E-state index is 12.2. The molecule has 0 aliphatic carbocycles. The van der Waals surface area contributed by atoms with Gasteiger partial charge in [0.25, 0.3) is 0 Å². The fourth-order valence-electron chi connectivity index (χ4n) is 2.98. The van der Waals surface area contributed by atoms with Crippen molar-refractivity contribution in [3.05, 3.63) is 22.8 Å². The van der Waals surface area contributed by atoms with Crippen molar-refractivity contribution in [2.75, 3.05) is 25.1 Å². The smallest absolute Gasteiger partial charge is 0.321 e. The lowest BCUT2D eigenvalue weighted by molar-refractivity contribution is -0.121. The number of rotatable bonds is 7. The van der Waals surface area contributed by atoms with Crippen molar-refractivity contribution in [2.45, 2.75) is 46.1 Å². The minimum atomic E-state index is -0.0768. The molecule has 1 aliphatic heterocycles. The molecule has 0 bridgehead atoms. The minimum absolute atomic E-state index is 0.0768. The molecule has 9 heteroatoms. The largest absolute Gasteiger partial charge is 0.467 e. The van der Waals surface area contributed by atoms with Gasteiger partial charge in [0.05, 0.1) is 19.3 Å². The average molecular weight is 360 g/mol. The summed E-state index contributed by atoms with van der Waals surface area (Å²) in [4.78, 5) is 27.2. The van der Waals surface area contributed by atoms with Gasteiger partial charge in [-0.25, -0.2) is 0 Å². The first kappa shape index (κ1) is 18.1. The highest BCUT2D eigenvalue weighted by Crippen LogP contribution is 2.18. The lowest BCUT2D eigenvalue weighted by Crippen LogP contribution is -2.26. The van der Waals surface area contributed by atoms with Gasteiger partial charge in [-0.3, -0.25) is 4.79 Å². The van der Waals surface area contributed by atoms with Crippen molar-refractivity contribution in [1.82, 2.24) is 25.4 Å². The second-order valence-electron chi connectivity index (χ2n) is 6.31. The first-order valence-corrected chi connectivity index (χ1v) is 8.79. The van der Waals surface area contributed by atoms with Gasteiger partial charge in [0, 0.05) is 25.1 Å². The zero-order chi connectivity index (χ0) is 18.5. The van der Waals surface area contributed by atoms with Crippen LogP contribution >= 0.6 is 0 Å². The van der Waals surface area contributed by atoms with Crippen LogP contribution < -0.4 is 15.0 Å². The van der Waals surface area contributed by atoms with Crippen LogP contribution in [-0.2, 0) is 17.8 Å². The predicted octanol–water partition coefficient (Wildman–Crippen LogP) is 1.33.